The molecule has 0 heterocycles. The number of carbonyl (C=O) groups is 4. The maximum Gasteiger partial charge on any atom is 0.472 e. The molecule has 0 radical (unpaired) electrons. The first-order chi connectivity index (χ1) is 46.6. The number of aliphatic hydroxyl groups is 1. The Morgan fingerprint density at radius 1 is 0.289 bits per heavy atom. The van der Waals surface area contributed by atoms with Crippen molar-refractivity contribution in [2.75, 3.05) is 39.6 Å². The van der Waals surface area contributed by atoms with Crippen LogP contribution in [-0.4, -0.2) is 96.7 Å². The van der Waals surface area contributed by atoms with E-state index < -0.39 is 97.5 Å². The van der Waals surface area contributed by atoms with E-state index in [1.165, 1.54) is 193 Å². The van der Waals surface area contributed by atoms with Crippen LogP contribution in [0.25, 0.3) is 0 Å². The number of aliphatic hydroxyl groups excluding tert-OH is 1. The van der Waals surface area contributed by atoms with E-state index >= 15 is 0 Å². The zero-order valence-corrected chi connectivity index (χ0v) is 65.5. The fraction of sp³-hybridized carbons (Fsp3) is 0.949. The Hall–Kier alpha value is -1.94. The molecule has 97 heavy (non-hydrogen) atoms. The van der Waals surface area contributed by atoms with Crippen LogP contribution in [0.3, 0.4) is 0 Å². The maximum absolute atomic E-state index is 13.1. The molecule has 0 bridgehead atoms. The quantitative estimate of drug-likeness (QED) is 0.0222. The standard InChI is InChI=1S/C78H152O17P2/c1-9-71(8)57-49-41-36-37-43-51-59-76(81)89-65-74(95-78(83)61-53-45-35-29-21-17-13-15-19-25-31-39-47-55-69(4)5)67-93-97(86,87)91-63-72(79)62-90-96(84,85)92-66-73(64-88-75(80)58-50-42-33-27-23-22-26-32-40-48-56-70(6)7)94-77(82)60-52-44-34-28-20-16-12-10-11-14-18-24-30-38-46-54-68(2)3/h68-74,79H,9-67H2,1-8H3,(H,84,85)(H,86,87)/t71?,72-,73-,74-/m1/s1. The number of hydrogen-bond acceptors (Lipinski definition) is 15. The molecule has 0 aromatic rings. The number of ether oxygens (including phenoxy) is 4. The van der Waals surface area contributed by atoms with E-state index in [1.54, 1.807) is 0 Å². The fourth-order valence-corrected chi connectivity index (χ4v) is 13.5. The van der Waals surface area contributed by atoms with Crippen molar-refractivity contribution in [3.8, 4) is 0 Å². The van der Waals surface area contributed by atoms with Gasteiger partial charge >= 0.3 is 39.5 Å². The molecule has 0 saturated carbocycles. The number of unbranched alkanes of at least 4 members (excludes halogenated alkanes) is 40. The van der Waals surface area contributed by atoms with Gasteiger partial charge in [0.2, 0.25) is 0 Å². The minimum Gasteiger partial charge on any atom is -0.462 e. The first-order valence-corrected chi connectivity index (χ1v) is 43.2. The molecule has 17 nitrogen and oxygen atoms in total. The Bertz CT molecular complexity index is 1900. The third-order valence-corrected chi connectivity index (χ3v) is 20.3. The summed E-state index contributed by atoms with van der Waals surface area (Å²) in [6.45, 7) is 14.2. The van der Waals surface area contributed by atoms with E-state index in [4.69, 9.17) is 37.0 Å². The Kier molecular flexibility index (Phi) is 65.9. The van der Waals surface area contributed by atoms with E-state index in [1.807, 2.05) is 0 Å². The van der Waals surface area contributed by atoms with Crippen LogP contribution in [0.15, 0.2) is 0 Å². The monoisotopic (exact) mass is 1420 g/mol. The molecule has 19 heteroatoms. The van der Waals surface area contributed by atoms with E-state index in [0.717, 1.165) is 120 Å². The van der Waals surface area contributed by atoms with Gasteiger partial charge in [-0.1, -0.05) is 344 Å². The van der Waals surface area contributed by atoms with Crippen LogP contribution in [0.4, 0.5) is 0 Å². The van der Waals surface area contributed by atoms with E-state index in [-0.39, 0.29) is 25.7 Å². The number of phosphoric acid groups is 2. The topological polar surface area (TPSA) is 237 Å². The predicted octanol–water partition coefficient (Wildman–Crippen LogP) is 22.8. The van der Waals surface area contributed by atoms with Crippen LogP contribution in [0, 0.1) is 23.7 Å². The summed E-state index contributed by atoms with van der Waals surface area (Å²) in [5.74, 6) is 0.960. The highest BCUT2D eigenvalue weighted by molar-refractivity contribution is 7.47. The minimum atomic E-state index is -4.96. The molecule has 576 valence electrons. The van der Waals surface area contributed by atoms with E-state index in [2.05, 4.69) is 55.4 Å². The van der Waals surface area contributed by atoms with Gasteiger partial charge < -0.3 is 33.8 Å². The second-order valence-electron chi connectivity index (χ2n) is 29.8. The van der Waals surface area contributed by atoms with Crippen LogP contribution in [0.5, 0.6) is 0 Å². The van der Waals surface area contributed by atoms with Crippen molar-refractivity contribution in [2.45, 2.75) is 414 Å². The molecule has 0 saturated heterocycles. The SMILES string of the molecule is CCC(C)CCCCCCCCC(=O)OC[C@H](COP(=O)(O)OC[C@H](O)COP(=O)(O)OC[C@@H](COC(=O)CCCCCCCCCCCCC(C)C)OC(=O)CCCCCCCCCCCCCCCCCC(C)C)OC(=O)CCCCCCCCCCCCCCCC(C)C. The molecule has 0 aliphatic rings. The highest BCUT2D eigenvalue weighted by atomic mass is 31.2. The minimum absolute atomic E-state index is 0.106. The van der Waals surface area contributed by atoms with Gasteiger partial charge in [-0.05, 0) is 49.4 Å². The average Bonchev–Trinajstić information content (AvgIpc) is 1.08. The van der Waals surface area contributed by atoms with Crippen molar-refractivity contribution in [3.63, 3.8) is 0 Å². The summed E-state index contributed by atoms with van der Waals surface area (Å²) in [7, 11) is -9.92. The lowest BCUT2D eigenvalue weighted by Gasteiger charge is -2.21. The Labute approximate surface area is 594 Å². The van der Waals surface area contributed by atoms with Gasteiger partial charge in [0.15, 0.2) is 12.2 Å². The first-order valence-electron chi connectivity index (χ1n) is 40.2. The van der Waals surface area contributed by atoms with Crippen molar-refractivity contribution in [2.24, 2.45) is 23.7 Å². The molecule has 0 rings (SSSR count). The molecule has 6 atom stereocenters. The van der Waals surface area contributed by atoms with Crippen LogP contribution in [0.1, 0.15) is 396 Å². The molecular formula is C78H152O17P2. The van der Waals surface area contributed by atoms with Gasteiger partial charge in [-0.2, -0.15) is 0 Å². The third-order valence-electron chi connectivity index (χ3n) is 18.4. The second-order valence-corrected chi connectivity index (χ2v) is 32.7. The van der Waals surface area contributed by atoms with Gasteiger partial charge in [-0.3, -0.25) is 37.3 Å². The highest BCUT2D eigenvalue weighted by Crippen LogP contribution is 2.45. The summed E-state index contributed by atoms with van der Waals surface area (Å²) in [4.78, 5) is 72.9. The average molecular weight is 1420 g/mol. The van der Waals surface area contributed by atoms with Crippen LogP contribution in [0.2, 0.25) is 0 Å². The van der Waals surface area contributed by atoms with Crippen molar-refractivity contribution in [1.29, 1.82) is 0 Å². The van der Waals surface area contributed by atoms with Crippen molar-refractivity contribution >= 4 is 39.5 Å². The summed E-state index contributed by atoms with van der Waals surface area (Å²) < 4.78 is 68.6. The Morgan fingerprint density at radius 2 is 0.495 bits per heavy atom. The molecular weight excluding hydrogens is 1270 g/mol. The van der Waals surface area contributed by atoms with Gasteiger partial charge in [0.25, 0.3) is 0 Å². The summed E-state index contributed by atoms with van der Waals surface area (Å²) in [6, 6.07) is 0. The molecule has 0 spiro atoms. The summed E-state index contributed by atoms with van der Waals surface area (Å²) in [6.07, 6.45) is 52.7. The Balaban J connectivity index is 5.25. The lowest BCUT2D eigenvalue weighted by Crippen LogP contribution is -2.30. The number of phosphoric ester groups is 2. The number of esters is 4. The zero-order valence-electron chi connectivity index (χ0n) is 63.7. The van der Waals surface area contributed by atoms with Crippen LogP contribution < -0.4 is 0 Å². The molecule has 0 aromatic carbocycles. The van der Waals surface area contributed by atoms with Crippen molar-refractivity contribution in [1.82, 2.24) is 0 Å². The Morgan fingerprint density at radius 3 is 0.732 bits per heavy atom. The fourth-order valence-electron chi connectivity index (χ4n) is 11.9. The number of carbonyl (C=O) groups excluding carboxylic acids is 4. The summed E-state index contributed by atoms with van der Waals surface area (Å²) in [5.41, 5.74) is 0. The van der Waals surface area contributed by atoms with Gasteiger partial charge in [-0.15, -0.1) is 0 Å². The number of rotatable bonds is 75. The molecule has 0 amide bonds. The molecule has 0 fully saturated rings. The zero-order chi connectivity index (χ0) is 71.7. The number of hydrogen-bond donors (Lipinski definition) is 3. The van der Waals surface area contributed by atoms with E-state index in [0.29, 0.717) is 25.7 Å². The van der Waals surface area contributed by atoms with Crippen molar-refractivity contribution in [3.05, 3.63) is 0 Å². The van der Waals surface area contributed by atoms with Gasteiger partial charge in [0, 0.05) is 25.7 Å². The van der Waals surface area contributed by atoms with E-state index in [9.17, 15) is 43.2 Å². The molecule has 0 aromatic heterocycles. The van der Waals surface area contributed by atoms with Crippen LogP contribution in [-0.2, 0) is 65.4 Å². The predicted molar refractivity (Wildman–Crippen MR) is 395 cm³/mol. The lowest BCUT2D eigenvalue weighted by atomic mass is 10.00. The molecule has 0 aliphatic carbocycles. The first kappa shape index (κ1) is 95.1. The maximum atomic E-state index is 13.1. The van der Waals surface area contributed by atoms with Gasteiger partial charge in [0.05, 0.1) is 26.4 Å². The van der Waals surface area contributed by atoms with Gasteiger partial charge in [-0.25, -0.2) is 9.13 Å². The summed E-state index contributed by atoms with van der Waals surface area (Å²) >= 11 is 0. The van der Waals surface area contributed by atoms with Crippen molar-refractivity contribution < 1.29 is 80.2 Å². The smallest absolute Gasteiger partial charge is 0.462 e. The van der Waals surface area contributed by atoms with Gasteiger partial charge in [0.1, 0.15) is 19.3 Å². The highest BCUT2D eigenvalue weighted by Gasteiger charge is 2.30. The van der Waals surface area contributed by atoms with Crippen LogP contribution >= 0.6 is 15.6 Å². The normalized spacial score (nSPS) is 14.4. The third kappa shape index (κ3) is 70.9. The largest absolute Gasteiger partial charge is 0.472 e. The summed E-state index contributed by atoms with van der Waals surface area (Å²) in [5, 5.41) is 10.6. The molecule has 0 aliphatic heterocycles. The second kappa shape index (κ2) is 67.2. The molecule has 3 N–H and O–H groups in total. The lowest BCUT2D eigenvalue weighted by molar-refractivity contribution is -0.161. The molecule has 3 unspecified atom stereocenters.